The largest absolute Gasteiger partial charge is 0.436 e. The summed E-state index contributed by atoms with van der Waals surface area (Å²) in [5, 5.41) is 4.37. The molecule has 3 fully saturated rings. The quantitative estimate of drug-likeness (QED) is 0.606. The summed E-state index contributed by atoms with van der Waals surface area (Å²) >= 11 is 0. The average molecular weight is 376 g/mol. The molecule has 0 saturated heterocycles. The highest BCUT2D eigenvalue weighted by Gasteiger charge is 2.74. The third kappa shape index (κ3) is 2.26. The van der Waals surface area contributed by atoms with Crippen molar-refractivity contribution >= 4 is 10.2 Å². The smallest absolute Gasteiger partial charge is 0.393 e. The van der Waals surface area contributed by atoms with Crippen LogP contribution >= 0.6 is 0 Å². The van der Waals surface area contributed by atoms with E-state index < -0.39 is 39.3 Å². The molecule has 24 heavy (non-hydrogen) atoms. The second kappa shape index (κ2) is 5.28. The van der Waals surface area contributed by atoms with E-state index in [1.165, 1.54) is 0 Å². The molecule has 0 aromatic heterocycles. The van der Waals surface area contributed by atoms with E-state index in [1.807, 2.05) is 6.92 Å². The van der Waals surface area contributed by atoms with Gasteiger partial charge in [0, 0.05) is 5.92 Å². The summed E-state index contributed by atoms with van der Waals surface area (Å²) in [6.07, 6.45) is -0.0957. The molecule has 140 valence electrons. The standard InChI is InChI=1S/C15H21F5O3S/c1-6-3-11(21)7(2)13-8-4-9(12(6)13)10(5-8)14(16,17)15(18,19)24(20,22)23/h6-13,21H,3-5H2,1-2H3. The van der Waals surface area contributed by atoms with E-state index in [9.17, 15) is 35.0 Å². The molecule has 0 spiro atoms. The molecule has 0 aromatic rings. The Hall–Kier alpha value is -0.440. The molecule has 3 nitrogen and oxygen atoms in total. The first-order valence-corrected chi connectivity index (χ1v) is 9.57. The molecule has 0 heterocycles. The number of hydrogen-bond donors (Lipinski definition) is 1. The first kappa shape index (κ1) is 18.4. The van der Waals surface area contributed by atoms with E-state index >= 15 is 0 Å². The van der Waals surface area contributed by atoms with Gasteiger partial charge in [0.25, 0.3) is 0 Å². The molecule has 1 N–H and O–H groups in total. The highest BCUT2D eigenvalue weighted by atomic mass is 32.3. The van der Waals surface area contributed by atoms with E-state index in [0.717, 1.165) is 0 Å². The van der Waals surface area contributed by atoms with Gasteiger partial charge in [-0.05, 0) is 54.8 Å². The van der Waals surface area contributed by atoms with Crippen molar-refractivity contribution in [3.8, 4) is 0 Å². The lowest BCUT2D eigenvalue weighted by Crippen LogP contribution is -2.55. The number of fused-ring (bicyclic) bond motifs is 5. The Bertz CT molecular complexity index is 623. The highest BCUT2D eigenvalue weighted by Crippen LogP contribution is 2.66. The van der Waals surface area contributed by atoms with Gasteiger partial charge in [0.15, 0.2) is 0 Å². The summed E-state index contributed by atoms with van der Waals surface area (Å²) in [7, 11) is -6.70. The van der Waals surface area contributed by atoms with Gasteiger partial charge in [0.1, 0.15) is 0 Å². The lowest BCUT2D eigenvalue weighted by molar-refractivity contribution is -0.213. The average Bonchev–Trinajstić information content (AvgIpc) is 3.01. The van der Waals surface area contributed by atoms with Crippen LogP contribution in [0, 0.1) is 41.4 Å². The molecule has 3 saturated carbocycles. The molecule has 8 atom stereocenters. The number of aliphatic hydroxyl groups is 1. The number of alkyl halides is 4. The van der Waals surface area contributed by atoms with Gasteiger partial charge in [-0.3, -0.25) is 0 Å². The van der Waals surface area contributed by atoms with Crippen molar-refractivity contribution in [3.05, 3.63) is 0 Å². The second-order valence-corrected chi connectivity index (χ2v) is 9.26. The maximum absolute atomic E-state index is 14.3. The van der Waals surface area contributed by atoms with Crippen LogP contribution in [0.25, 0.3) is 0 Å². The molecule has 9 heteroatoms. The summed E-state index contributed by atoms with van der Waals surface area (Å²) in [6, 6.07) is 0. The van der Waals surface area contributed by atoms with Crippen molar-refractivity contribution in [2.24, 2.45) is 41.4 Å². The number of halogens is 5. The van der Waals surface area contributed by atoms with Crippen LogP contribution in [0.5, 0.6) is 0 Å². The molecule has 0 radical (unpaired) electrons. The molecular weight excluding hydrogens is 355 g/mol. The Morgan fingerprint density at radius 3 is 2.12 bits per heavy atom. The molecular formula is C15H21F5O3S. The van der Waals surface area contributed by atoms with Crippen molar-refractivity contribution in [1.29, 1.82) is 0 Å². The predicted octanol–water partition coefficient (Wildman–Crippen LogP) is 3.44. The first-order valence-electron chi connectivity index (χ1n) is 8.18. The predicted molar refractivity (Wildman–Crippen MR) is 75.6 cm³/mol. The van der Waals surface area contributed by atoms with Crippen molar-refractivity contribution < 1.29 is 35.0 Å². The number of aliphatic hydroxyl groups excluding tert-OH is 1. The van der Waals surface area contributed by atoms with Crippen LogP contribution in [-0.2, 0) is 10.2 Å². The van der Waals surface area contributed by atoms with Crippen molar-refractivity contribution in [3.63, 3.8) is 0 Å². The van der Waals surface area contributed by atoms with Crippen molar-refractivity contribution in [1.82, 2.24) is 0 Å². The van der Waals surface area contributed by atoms with Crippen LogP contribution in [0.1, 0.15) is 33.1 Å². The van der Waals surface area contributed by atoms with Gasteiger partial charge < -0.3 is 5.11 Å². The number of rotatable bonds is 3. The Balaban J connectivity index is 1.93. The molecule has 0 aromatic carbocycles. The van der Waals surface area contributed by atoms with Crippen molar-refractivity contribution in [2.45, 2.75) is 50.4 Å². The van der Waals surface area contributed by atoms with Crippen LogP contribution in [0.4, 0.5) is 21.4 Å². The van der Waals surface area contributed by atoms with Crippen LogP contribution in [-0.4, -0.2) is 30.8 Å². The Morgan fingerprint density at radius 2 is 1.58 bits per heavy atom. The topological polar surface area (TPSA) is 54.4 Å². The van der Waals surface area contributed by atoms with Gasteiger partial charge in [-0.25, -0.2) is 0 Å². The zero-order valence-corrected chi connectivity index (χ0v) is 14.1. The maximum atomic E-state index is 14.3. The van der Waals surface area contributed by atoms with E-state index in [4.69, 9.17) is 0 Å². The molecule has 2 bridgehead atoms. The molecule has 0 aliphatic heterocycles. The van der Waals surface area contributed by atoms with Gasteiger partial charge >= 0.3 is 21.4 Å². The van der Waals surface area contributed by atoms with E-state index in [0.29, 0.717) is 12.8 Å². The van der Waals surface area contributed by atoms with Crippen LogP contribution < -0.4 is 0 Å². The zero-order chi connectivity index (χ0) is 18.2. The van der Waals surface area contributed by atoms with Gasteiger partial charge in [-0.2, -0.15) is 26.0 Å². The minimum absolute atomic E-state index is 0.0311. The lowest BCUT2D eigenvalue weighted by atomic mass is 9.58. The summed E-state index contributed by atoms with van der Waals surface area (Å²) < 4.78 is 89.7. The second-order valence-electron chi connectivity index (χ2n) is 7.87. The van der Waals surface area contributed by atoms with E-state index in [-0.39, 0.29) is 36.0 Å². The fourth-order valence-corrected chi connectivity index (χ4v) is 6.31. The van der Waals surface area contributed by atoms with E-state index in [1.54, 1.807) is 6.92 Å². The molecule has 3 aliphatic carbocycles. The van der Waals surface area contributed by atoms with Gasteiger partial charge in [0.2, 0.25) is 0 Å². The monoisotopic (exact) mass is 376 g/mol. The SMILES string of the molecule is CC1CC(O)C(C)C2C3CC(C12)C(C(F)(F)C(F)(F)S(=O)(=O)F)C3. The summed E-state index contributed by atoms with van der Waals surface area (Å²) in [5.41, 5.74) is 0. The number of hydrogen-bond acceptors (Lipinski definition) is 3. The molecule has 0 amide bonds. The van der Waals surface area contributed by atoms with Crippen LogP contribution in [0.3, 0.4) is 0 Å². The highest BCUT2D eigenvalue weighted by molar-refractivity contribution is 7.87. The van der Waals surface area contributed by atoms with Crippen LogP contribution in [0.2, 0.25) is 0 Å². The third-order valence-electron chi connectivity index (χ3n) is 6.78. The van der Waals surface area contributed by atoms with Crippen LogP contribution in [0.15, 0.2) is 0 Å². The summed E-state index contributed by atoms with van der Waals surface area (Å²) in [6.45, 7) is 3.63. The minimum atomic E-state index is -6.70. The fraction of sp³-hybridized carbons (Fsp3) is 1.00. The Labute approximate surface area is 137 Å². The molecule has 3 rings (SSSR count). The van der Waals surface area contributed by atoms with Gasteiger partial charge in [-0.1, -0.05) is 17.7 Å². The summed E-state index contributed by atoms with van der Waals surface area (Å²) in [5.74, 6) is -8.36. The Kier molecular flexibility index (Phi) is 4.04. The molecule has 8 unspecified atom stereocenters. The molecule has 3 aliphatic rings. The Morgan fingerprint density at radius 1 is 1.00 bits per heavy atom. The van der Waals surface area contributed by atoms with Gasteiger partial charge in [0.05, 0.1) is 6.10 Å². The first-order chi connectivity index (χ1) is 10.8. The normalized spacial score (nSPS) is 46.2. The van der Waals surface area contributed by atoms with Crippen molar-refractivity contribution in [2.75, 3.05) is 0 Å². The van der Waals surface area contributed by atoms with Gasteiger partial charge in [-0.15, -0.1) is 0 Å². The maximum Gasteiger partial charge on any atom is 0.436 e. The summed E-state index contributed by atoms with van der Waals surface area (Å²) in [4.78, 5) is 0. The lowest BCUT2D eigenvalue weighted by Gasteiger charge is -2.49. The zero-order valence-electron chi connectivity index (χ0n) is 13.3. The van der Waals surface area contributed by atoms with E-state index in [2.05, 4.69) is 0 Å². The fourth-order valence-electron chi connectivity index (χ4n) is 5.84. The minimum Gasteiger partial charge on any atom is -0.393 e. The third-order valence-corrected chi connectivity index (χ3v) is 7.66.